The summed E-state index contributed by atoms with van der Waals surface area (Å²) in [6.07, 6.45) is 2.36. The normalized spacial score (nSPS) is 17.1. The summed E-state index contributed by atoms with van der Waals surface area (Å²) in [7, 11) is 1.67. The first kappa shape index (κ1) is 18.5. The van der Waals surface area contributed by atoms with Crippen molar-refractivity contribution in [2.24, 2.45) is 0 Å². The topological polar surface area (TPSA) is 61.8 Å². The zero-order valence-electron chi connectivity index (χ0n) is 16.6. The highest BCUT2D eigenvalue weighted by molar-refractivity contribution is 5.93. The molecule has 0 radical (unpaired) electrons. The van der Waals surface area contributed by atoms with E-state index in [9.17, 15) is 4.79 Å². The average Bonchev–Trinajstić information content (AvgIpc) is 3.28. The monoisotopic (exact) mass is 381 g/mol. The number of ether oxygens (including phenoxy) is 1. The number of anilines is 2. The number of aromatic nitrogens is 2. The molecule has 7 nitrogen and oxygen atoms in total. The lowest BCUT2D eigenvalue weighted by Crippen LogP contribution is -2.49. The Kier molecular flexibility index (Phi) is 5.32. The molecule has 1 aromatic heterocycles. The molecule has 0 spiro atoms. The summed E-state index contributed by atoms with van der Waals surface area (Å²) in [5, 5.41) is 0. The van der Waals surface area contributed by atoms with E-state index >= 15 is 0 Å². The molecule has 0 saturated carbocycles. The number of amides is 1. The number of rotatable bonds is 4. The fourth-order valence-electron chi connectivity index (χ4n) is 3.89. The van der Waals surface area contributed by atoms with E-state index in [4.69, 9.17) is 4.74 Å². The molecule has 1 amide bonds. The number of benzene rings is 1. The van der Waals surface area contributed by atoms with Crippen molar-refractivity contribution in [2.75, 3.05) is 56.2 Å². The van der Waals surface area contributed by atoms with Crippen LogP contribution in [-0.4, -0.2) is 67.2 Å². The Hall–Kier alpha value is -2.83. The molecule has 28 heavy (non-hydrogen) atoms. The van der Waals surface area contributed by atoms with Crippen molar-refractivity contribution in [1.82, 2.24) is 14.9 Å². The molecule has 7 heteroatoms. The van der Waals surface area contributed by atoms with Gasteiger partial charge in [0.05, 0.1) is 7.11 Å². The summed E-state index contributed by atoms with van der Waals surface area (Å²) in [6, 6.07) is 9.92. The van der Waals surface area contributed by atoms with Gasteiger partial charge in [0, 0.05) is 51.0 Å². The fourth-order valence-corrected chi connectivity index (χ4v) is 3.89. The fraction of sp³-hybridized carbons (Fsp3) is 0.476. The Morgan fingerprint density at radius 3 is 2.25 bits per heavy atom. The zero-order chi connectivity index (χ0) is 19.5. The van der Waals surface area contributed by atoms with Gasteiger partial charge in [0.2, 0.25) is 0 Å². The third kappa shape index (κ3) is 3.88. The first-order chi connectivity index (χ1) is 13.6. The predicted molar refractivity (Wildman–Crippen MR) is 109 cm³/mol. The van der Waals surface area contributed by atoms with E-state index in [-0.39, 0.29) is 5.91 Å². The molecular formula is C21H27N5O2. The van der Waals surface area contributed by atoms with Gasteiger partial charge in [-0.3, -0.25) is 4.79 Å². The Morgan fingerprint density at radius 2 is 1.61 bits per heavy atom. The van der Waals surface area contributed by atoms with Gasteiger partial charge in [-0.15, -0.1) is 0 Å². The first-order valence-electron chi connectivity index (χ1n) is 9.93. The predicted octanol–water partition coefficient (Wildman–Crippen LogP) is 2.36. The molecule has 0 atom stereocenters. The summed E-state index contributed by atoms with van der Waals surface area (Å²) in [5.41, 5.74) is 1.66. The molecular weight excluding hydrogens is 354 g/mol. The Labute approximate surface area is 165 Å². The molecule has 0 aliphatic carbocycles. The molecule has 2 fully saturated rings. The van der Waals surface area contributed by atoms with E-state index in [1.54, 1.807) is 7.11 Å². The molecule has 2 saturated heterocycles. The van der Waals surface area contributed by atoms with E-state index in [0.29, 0.717) is 24.6 Å². The van der Waals surface area contributed by atoms with Crippen LogP contribution in [0.5, 0.6) is 5.75 Å². The summed E-state index contributed by atoms with van der Waals surface area (Å²) in [5.74, 6) is 2.39. The maximum absolute atomic E-state index is 13.0. The number of hydrogen-bond donors (Lipinski definition) is 0. The molecule has 2 aliphatic heterocycles. The lowest BCUT2D eigenvalue weighted by molar-refractivity contribution is 0.0740. The highest BCUT2D eigenvalue weighted by Gasteiger charge is 2.25. The Morgan fingerprint density at radius 1 is 0.929 bits per heavy atom. The molecule has 2 aliphatic rings. The maximum Gasteiger partial charge on any atom is 0.272 e. The van der Waals surface area contributed by atoms with E-state index in [2.05, 4.69) is 31.9 Å². The number of hydrogen-bond acceptors (Lipinski definition) is 6. The quantitative estimate of drug-likeness (QED) is 0.810. The number of nitrogens with zero attached hydrogens (tertiary/aromatic N) is 5. The highest BCUT2D eigenvalue weighted by Crippen LogP contribution is 2.22. The standard InChI is InChI=1S/C21H27N5O2/c1-16-22-19(15-20(23-16)25-9-3-4-10-25)21(27)26-13-11-24(12-14-26)17-5-7-18(28-2)8-6-17/h5-8,15H,3-4,9-14H2,1-2H3. The van der Waals surface area contributed by atoms with Crippen molar-refractivity contribution in [1.29, 1.82) is 0 Å². The van der Waals surface area contributed by atoms with E-state index in [0.717, 1.165) is 43.4 Å². The summed E-state index contributed by atoms with van der Waals surface area (Å²) in [4.78, 5) is 28.4. The molecule has 148 valence electrons. The van der Waals surface area contributed by atoms with Crippen LogP contribution in [0.1, 0.15) is 29.2 Å². The molecule has 0 N–H and O–H groups in total. The van der Waals surface area contributed by atoms with Crippen LogP contribution >= 0.6 is 0 Å². The Balaban J connectivity index is 1.42. The second-order valence-corrected chi connectivity index (χ2v) is 7.33. The third-order valence-corrected chi connectivity index (χ3v) is 5.48. The smallest absolute Gasteiger partial charge is 0.272 e. The summed E-state index contributed by atoms with van der Waals surface area (Å²) < 4.78 is 5.22. The van der Waals surface area contributed by atoms with Crippen LogP contribution in [0.15, 0.2) is 30.3 Å². The maximum atomic E-state index is 13.0. The first-order valence-corrected chi connectivity index (χ1v) is 9.93. The second kappa shape index (κ2) is 8.04. The third-order valence-electron chi connectivity index (χ3n) is 5.48. The van der Waals surface area contributed by atoms with Crippen molar-refractivity contribution >= 4 is 17.4 Å². The molecule has 1 aromatic carbocycles. The van der Waals surface area contributed by atoms with Crippen molar-refractivity contribution in [3.8, 4) is 5.75 Å². The number of methoxy groups -OCH3 is 1. The van der Waals surface area contributed by atoms with Crippen LogP contribution in [-0.2, 0) is 0 Å². The van der Waals surface area contributed by atoms with Gasteiger partial charge >= 0.3 is 0 Å². The largest absolute Gasteiger partial charge is 0.497 e. The second-order valence-electron chi connectivity index (χ2n) is 7.33. The minimum absolute atomic E-state index is 0.000304. The van der Waals surface area contributed by atoms with Crippen LogP contribution in [0.4, 0.5) is 11.5 Å². The number of carbonyl (C=O) groups is 1. The van der Waals surface area contributed by atoms with Crippen LogP contribution < -0.4 is 14.5 Å². The minimum Gasteiger partial charge on any atom is -0.497 e. The van der Waals surface area contributed by atoms with Crippen molar-refractivity contribution in [3.63, 3.8) is 0 Å². The summed E-state index contributed by atoms with van der Waals surface area (Å²) in [6.45, 7) is 6.86. The van der Waals surface area contributed by atoms with Crippen molar-refractivity contribution in [3.05, 3.63) is 41.9 Å². The number of piperazine rings is 1. The number of carbonyl (C=O) groups excluding carboxylic acids is 1. The van der Waals surface area contributed by atoms with Gasteiger partial charge in [0.15, 0.2) is 0 Å². The van der Waals surface area contributed by atoms with E-state index in [1.165, 1.54) is 12.8 Å². The highest BCUT2D eigenvalue weighted by atomic mass is 16.5. The van der Waals surface area contributed by atoms with Crippen molar-refractivity contribution in [2.45, 2.75) is 19.8 Å². The van der Waals surface area contributed by atoms with Gasteiger partial charge in [-0.2, -0.15) is 0 Å². The van der Waals surface area contributed by atoms with Crippen molar-refractivity contribution < 1.29 is 9.53 Å². The van der Waals surface area contributed by atoms with Crippen LogP contribution in [0.25, 0.3) is 0 Å². The lowest BCUT2D eigenvalue weighted by atomic mass is 10.2. The zero-order valence-corrected chi connectivity index (χ0v) is 16.6. The van der Waals surface area contributed by atoms with Gasteiger partial charge < -0.3 is 19.4 Å². The van der Waals surface area contributed by atoms with Gasteiger partial charge in [-0.25, -0.2) is 9.97 Å². The SMILES string of the molecule is COc1ccc(N2CCN(C(=O)c3cc(N4CCCC4)nc(C)n3)CC2)cc1. The van der Waals surface area contributed by atoms with E-state index < -0.39 is 0 Å². The van der Waals surface area contributed by atoms with Gasteiger partial charge in [-0.1, -0.05) is 0 Å². The molecule has 2 aromatic rings. The van der Waals surface area contributed by atoms with E-state index in [1.807, 2.05) is 30.0 Å². The molecule has 4 rings (SSSR count). The average molecular weight is 381 g/mol. The Bertz CT molecular complexity index is 825. The minimum atomic E-state index is 0.000304. The molecule has 0 unspecified atom stereocenters. The molecule has 0 bridgehead atoms. The molecule has 3 heterocycles. The van der Waals surface area contributed by atoms with Crippen LogP contribution in [0.3, 0.4) is 0 Å². The van der Waals surface area contributed by atoms with Crippen LogP contribution in [0, 0.1) is 6.92 Å². The van der Waals surface area contributed by atoms with Crippen LogP contribution in [0.2, 0.25) is 0 Å². The lowest BCUT2D eigenvalue weighted by Gasteiger charge is -2.36. The van der Waals surface area contributed by atoms with Gasteiger partial charge in [0.25, 0.3) is 5.91 Å². The number of aryl methyl sites for hydroxylation is 1. The van der Waals surface area contributed by atoms with Gasteiger partial charge in [-0.05, 0) is 44.0 Å². The summed E-state index contributed by atoms with van der Waals surface area (Å²) >= 11 is 0. The van der Waals surface area contributed by atoms with Gasteiger partial charge in [0.1, 0.15) is 23.1 Å².